The molecule has 1 atom stereocenters. The molecule has 6 heteroatoms. The summed E-state index contributed by atoms with van der Waals surface area (Å²) in [4.78, 5) is 8.81. The van der Waals surface area contributed by atoms with Gasteiger partial charge >= 0.3 is 0 Å². The molecule has 1 aliphatic heterocycles. The highest BCUT2D eigenvalue weighted by atomic mass is 32.1. The first-order chi connectivity index (χ1) is 6.66. The summed E-state index contributed by atoms with van der Waals surface area (Å²) < 4.78 is 4.26. The van der Waals surface area contributed by atoms with Gasteiger partial charge < -0.3 is 10.6 Å². The van der Waals surface area contributed by atoms with Crippen molar-refractivity contribution in [1.82, 2.24) is 19.2 Å². The second-order valence-corrected chi connectivity index (χ2v) is 4.53. The van der Waals surface area contributed by atoms with Crippen LogP contribution in [0.2, 0.25) is 0 Å². The number of rotatable bonds is 1. The molecule has 1 unspecified atom stereocenters. The van der Waals surface area contributed by atoms with Gasteiger partial charge in [-0.05, 0) is 14.1 Å². The van der Waals surface area contributed by atoms with Crippen LogP contribution in [-0.4, -0.2) is 52.9 Å². The summed E-state index contributed by atoms with van der Waals surface area (Å²) in [5.41, 5.74) is 5.58. The van der Waals surface area contributed by atoms with E-state index in [-0.39, 0.29) is 0 Å². The first kappa shape index (κ1) is 9.82. The molecule has 0 aromatic carbocycles. The molecule has 5 nitrogen and oxygen atoms in total. The normalized spacial score (nSPS) is 25.4. The van der Waals surface area contributed by atoms with Crippen molar-refractivity contribution >= 4 is 16.7 Å². The van der Waals surface area contributed by atoms with Gasteiger partial charge in [-0.3, -0.25) is 4.90 Å². The molecule has 2 rings (SSSR count). The third kappa shape index (κ3) is 1.87. The number of anilines is 1. The van der Waals surface area contributed by atoms with Crippen LogP contribution in [0.3, 0.4) is 0 Å². The standard InChI is InChI=1S/C8H15N5S/c1-12-3-4-13(2)6(5-12)7-10-8(9)14-11-7/h6H,3-5H2,1-2H3,(H2,9,10,11). The van der Waals surface area contributed by atoms with Crippen LogP contribution in [0.5, 0.6) is 0 Å². The van der Waals surface area contributed by atoms with E-state index in [1.54, 1.807) is 0 Å². The number of aromatic nitrogens is 2. The minimum Gasteiger partial charge on any atom is -0.374 e. The molecule has 78 valence electrons. The summed E-state index contributed by atoms with van der Waals surface area (Å²) in [6.45, 7) is 3.14. The van der Waals surface area contributed by atoms with Crippen LogP contribution in [0.1, 0.15) is 11.9 Å². The van der Waals surface area contributed by atoms with Gasteiger partial charge in [0.05, 0.1) is 6.04 Å². The maximum Gasteiger partial charge on any atom is 0.199 e. The fraction of sp³-hybridized carbons (Fsp3) is 0.750. The van der Waals surface area contributed by atoms with Crippen LogP contribution in [0.4, 0.5) is 5.13 Å². The predicted molar refractivity (Wildman–Crippen MR) is 57.2 cm³/mol. The highest BCUT2D eigenvalue weighted by molar-refractivity contribution is 7.09. The average Bonchev–Trinajstić information content (AvgIpc) is 2.56. The lowest BCUT2D eigenvalue weighted by molar-refractivity contribution is 0.110. The number of hydrogen-bond donors (Lipinski definition) is 1. The van der Waals surface area contributed by atoms with Crippen LogP contribution >= 0.6 is 11.5 Å². The molecule has 1 aromatic rings. The Labute approximate surface area is 87.7 Å². The van der Waals surface area contributed by atoms with E-state index in [9.17, 15) is 0 Å². The van der Waals surface area contributed by atoms with E-state index in [1.165, 1.54) is 11.5 Å². The number of nitrogens with two attached hydrogens (primary N) is 1. The summed E-state index contributed by atoms with van der Waals surface area (Å²) in [6.07, 6.45) is 0. The highest BCUT2D eigenvalue weighted by Crippen LogP contribution is 2.22. The Bertz CT molecular complexity index is 312. The summed E-state index contributed by atoms with van der Waals surface area (Å²) in [7, 11) is 4.23. The fourth-order valence-corrected chi connectivity index (χ4v) is 2.16. The molecule has 1 fully saturated rings. The SMILES string of the molecule is CN1CCN(C)C(c2nsc(N)n2)C1. The van der Waals surface area contributed by atoms with Gasteiger partial charge in [0.1, 0.15) is 0 Å². The van der Waals surface area contributed by atoms with E-state index in [1.807, 2.05) is 0 Å². The van der Waals surface area contributed by atoms with Crippen LogP contribution in [-0.2, 0) is 0 Å². The molecule has 0 saturated carbocycles. The fourth-order valence-electron chi connectivity index (χ4n) is 1.67. The summed E-state index contributed by atoms with van der Waals surface area (Å²) in [6, 6.07) is 0.294. The minimum atomic E-state index is 0.294. The first-order valence-electron chi connectivity index (χ1n) is 4.64. The van der Waals surface area contributed by atoms with Crippen molar-refractivity contribution in [2.45, 2.75) is 6.04 Å². The van der Waals surface area contributed by atoms with Gasteiger partial charge in [0.25, 0.3) is 0 Å². The van der Waals surface area contributed by atoms with E-state index in [0.717, 1.165) is 25.5 Å². The van der Waals surface area contributed by atoms with Gasteiger partial charge in [0, 0.05) is 31.2 Å². The van der Waals surface area contributed by atoms with Crippen LogP contribution in [0.25, 0.3) is 0 Å². The molecule has 2 N–H and O–H groups in total. The van der Waals surface area contributed by atoms with Crippen molar-refractivity contribution in [3.8, 4) is 0 Å². The molecule has 14 heavy (non-hydrogen) atoms. The van der Waals surface area contributed by atoms with E-state index in [0.29, 0.717) is 11.2 Å². The summed E-state index contributed by atoms with van der Waals surface area (Å²) >= 11 is 1.27. The third-order valence-corrected chi connectivity index (χ3v) is 3.16. The van der Waals surface area contributed by atoms with Crippen LogP contribution in [0, 0.1) is 0 Å². The van der Waals surface area contributed by atoms with Gasteiger partial charge in [-0.1, -0.05) is 0 Å². The first-order valence-corrected chi connectivity index (χ1v) is 5.42. The monoisotopic (exact) mass is 213 g/mol. The predicted octanol–water partition coefficient (Wildman–Crippen LogP) is 0.0386. The lowest BCUT2D eigenvalue weighted by atomic mass is 10.2. The molecular weight excluding hydrogens is 198 g/mol. The average molecular weight is 213 g/mol. The smallest absolute Gasteiger partial charge is 0.199 e. The van der Waals surface area contributed by atoms with Gasteiger partial charge in [-0.25, -0.2) is 4.98 Å². The van der Waals surface area contributed by atoms with Gasteiger partial charge in [-0.15, -0.1) is 0 Å². The van der Waals surface area contributed by atoms with E-state index >= 15 is 0 Å². The Morgan fingerprint density at radius 1 is 1.43 bits per heavy atom. The van der Waals surface area contributed by atoms with Crippen molar-refractivity contribution in [3.63, 3.8) is 0 Å². The number of nitrogens with zero attached hydrogens (tertiary/aromatic N) is 4. The molecule has 1 aromatic heterocycles. The number of hydrogen-bond acceptors (Lipinski definition) is 6. The zero-order valence-electron chi connectivity index (χ0n) is 8.47. The lowest BCUT2D eigenvalue weighted by Crippen LogP contribution is -2.45. The molecule has 0 radical (unpaired) electrons. The maximum absolute atomic E-state index is 5.58. The number of likely N-dealkylation sites (N-methyl/N-ethyl adjacent to an activating group) is 2. The third-order valence-electron chi connectivity index (χ3n) is 2.61. The molecule has 0 bridgehead atoms. The Hall–Kier alpha value is -0.720. The second-order valence-electron chi connectivity index (χ2n) is 3.75. The van der Waals surface area contributed by atoms with E-state index < -0.39 is 0 Å². The largest absolute Gasteiger partial charge is 0.374 e. The second kappa shape index (κ2) is 3.80. The van der Waals surface area contributed by atoms with Crippen molar-refractivity contribution in [2.24, 2.45) is 0 Å². The Balaban J connectivity index is 2.15. The molecule has 0 aliphatic carbocycles. The van der Waals surface area contributed by atoms with Crippen LogP contribution in [0.15, 0.2) is 0 Å². The van der Waals surface area contributed by atoms with Crippen molar-refractivity contribution in [1.29, 1.82) is 0 Å². The van der Waals surface area contributed by atoms with Crippen molar-refractivity contribution in [2.75, 3.05) is 39.5 Å². The highest BCUT2D eigenvalue weighted by Gasteiger charge is 2.26. The molecular formula is C8H15N5S. The molecule has 1 aliphatic rings. The number of nitrogen functional groups attached to an aromatic ring is 1. The lowest BCUT2D eigenvalue weighted by Gasteiger charge is -2.35. The van der Waals surface area contributed by atoms with Crippen molar-refractivity contribution in [3.05, 3.63) is 5.82 Å². The Morgan fingerprint density at radius 3 is 2.86 bits per heavy atom. The van der Waals surface area contributed by atoms with Gasteiger partial charge in [0.2, 0.25) is 0 Å². The van der Waals surface area contributed by atoms with Crippen molar-refractivity contribution < 1.29 is 0 Å². The number of piperazine rings is 1. The summed E-state index contributed by atoms with van der Waals surface area (Å²) in [5.74, 6) is 0.863. The van der Waals surface area contributed by atoms with Gasteiger partial charge in [-0.2, -0.15) is 4.37 Å². The molecule has 0 spiro atoms. The van der Waals surface area contributed by atoms with Gasteiger partial charge in [0.15, 0.2) is 11.0 Å². The minimum absolute atomic E-state index is 0.294. The Morgan fingerprint density at radius 2 is 2.21 bits per heavy atom. The molecule has 0 amide bonds. The maximum atomic E-state index is 5.58. The zero-order chi connectivity index (χ0) is 10.1. The van der Waals surface area contributed by atoms with E-state index in [4.69, 9.17) is 5.73 Å². The Kier molecular flexibility index (Phi) is 2.66. The molecule has 1 saturated heterocycles. The van der Waals surface area contributed by atoms with Crippen LogP contribution < -0.4 is 5.73 Å². The quantitative estimate of drug-likeness (QED) is 0.713. The summed E-state index contributed by atoms with van der Waals surface area (Å²) in [5, 5.41) is 0.557. The van der Waals surface area contributed by atoms with E-state index in [2.05, 4.69) is 33.3 Å². The molecule has 2 heterocycles. The zero-order valence-corrected chi connectivity index (χ0v) is 9.29. The topological polar surface area (TPSA) is 58.3 Å².